The molecule has 32 heavy (non-hydrogen) atoms. The van der Waals surface area contributed by atoms with Gasteiger partial charge in [-0.2, -0.15) is 0 Å². The Hall–Kier alpha value is -3.46. The number of ether oxygens (including phenoxy) is 3. The van der Waals surface area contributed by atoms with E-state index in [1.165, 1.54) is 7.11 Å². The molecule has 1 fully saturated rings. The van der Waals surface area contributed by atoms with E-state index >= 15 is 0 Å². The Labute approximate surface area is 189 Å². The van der Waals surface area contributed by atoms with Gasteiger partial charge in [-0.1, -0.05) is 17.7 Å². The number of methoxy groups -OCH3 is 1. The quantitative estimate of drug-likeness (QED) is 0.666. The van der Waals surface area contributed by atoms with E-state index in [9.17, 15) is 14.4 Å². The van der Waals surface area contributed by atoms with E-state index in [0.717, 1.165) is 10.5 Å². The first-order valence-corrected chi connectivity index (χ1v) is 10.3. The third kappa shape index (κ3) is 3.80. The molecular weight excluding hydrogens is 438 g/mol. The van der Waals surface area contributed by atoms with Crippen molar-refractivity contribution in [2.75, 3.05) is 32.2 Å². The highest BCUT2D eigenvalue weighted by atomic mass is 35.5. The van der Waals surface area contributed by atoms with Gasteiger partial charge in [0.1, 0.15) is 31.0 Å². The zero-order valence-electron chi connectivity index (χ0n) is 17.8. The zero-order chi connectivity index (χ0) is 23.0. The monoisotopic (exact) mass is 459 g/mol. The third-order valence-electron chi connectivity index (χ3n) is 5.45. The summed E-state index contributed by atoms with van der Waals surface area (Å²) in [5, 5.41) is 5.84. The fourth-order valence-electron chi connectivity index (χ4n) is 3.65. The number of imide groups is 1. The van der Waals surface area contributed by atoms with Crippen LogP contribution in [-0.2, 0) is 15.1 Å². The Balaban J connectivity index is 1.52. The highest BCUT2D eigenvalue weighted by Crippen LogP contribution is 2.37. The molecule has 0 aliphatic carbocycles. The summed E-state index contributed by atoms with van der Waals surface area (Å²) < 4.78 is 16.3. The lowest BCUT2D eigenvalue weighted by Gasteiger charge is -2.25. The van der Waals surface area contributed by atoms with Gasteiger partial charge in [-0.25, -0.2) is 4.79 Å². The minimum atomic E-state index is -1.35. The predicted molar refractivity (Wildman–Crippen MR) is 116 cm³/mol. The average Bonchev–Trinajstić information content (AvgIpc) is 2.99. The predicted octanol–water partition coefficient (Wildman–Crippen LogP) is 2.83. The Morgan fingerprint density at radius 3 is 2.66 bits per heavy atom. The van der Waals surface area contributed by atoms with Crippen LogP contribution < -0.4 is 24.8 Å². The summed E-state index contributed by atoms with van der Waals surface area (Å²) in [7, 11) is 1.45. The number of anilines is 1. The molecule has 168 valence electrons. The third-order valence-corrected chi connectivity index (χ3v) is 5.86. The number of carbonyl (C=O) groups is 3. The van der Waals surface area contributed by atoms with Crippen molar-refractivity contribution in [2.45, 2.75) is 19.4 Å². The molecule has 0 aromatic heterocycles. The molecule has 4 amide bonds. The molecule has 0 radical (unpaired) electrons. The number of urea groups is 1. The standard InChI is InChI=1S/C22H22ClN3O6/c1-12-8-15(17(30-3)10-14(12)23)24-19(27)11-26-20(28)22(2,25-21(26)29)13-4-5-16-18(9-13)32-7-6-31-16/h4-5,8-10H,6-7,11H2,1-3H3,(H,24,27)(H,25,29). The minimum absolute atomic E-state index is 0.368. The SMILES string of the molecule is COc1cc(Cl)c(C)cc1NC(=O)CN1C(=O)NC(C)(c2ccc3c(c2)OCCO3)C1=O. The topological polar surface area (TPSA) is 106 Å². The summed E-state index contributed by atoms with van der Waals surface area (Å²) in [5.74, 6) is 0.336. The highest BCUT2D eigenvalue weighted by molar-refractivity contribution is 6.31. The second-order valence-electron chi connectivity index (χ2n) is 7.65. The van der Waals surface area contributed by atoms with E-state index < -0.39 is 29.9 Å². The van der Waals surface area contributed by atoms with Crippen molar-refractivity contribution in [1.29, 1.82) is 0 Å². The van der Waals surface area contributed by atoms with Crippen LogP contribution in [-0.4, -0.2) is 49.6 Å². The lowest BCUT2D eigenvalue weighted by atomic mass is 9.91. The summed E-state index contributed by atoms with van der Waals surface area (Å²) in [6.07, 6.45) is 0. The number of nitrogens with one attached hydrogen (secondary N) is 2. The average molecular weight is 460 g/mol. The lowest BCUT2D eigenvalue weighted by Crippen LogP contribution is -2.42. The Morgan fingerprint density at radius 2 is 1.94 bits per heavy atom. The molecule has 2 aliphatic heterocycles. The number of halogens is 1. The van der Waals surface area contributed by atoms with Crippen molar-refractivity contribution in [3.63, 3.8) is 0 Å². The molecule has 2 aromatic carbocycles. The Kier molecular flexibility index (Phi) is 5.60. The highest BCUT2D eigenvalue weighted by Gasteiger charge is 2.49. The fraction of sp³-hybridized carbons (Fsp3) is 0.318. The van der Waals surface area contributed by atoms with Crippen molar-refractivity contribution in [3.8, 4) is 17.2 Å². The van der Waals surface area contributed by atoms with Gasteiger partial charge in [0, 0.05) is 11.1 Å². The van der Waals surface area contributed by atoms with Gasteiger partial charge in [-0.15, -0.1) is 0 Å². The normalized spacial score (nSPS) is 19.6. The molecule has 0 bridgehead atoms. The number of rotatable bonds is 5. The van der Waals surface area contributed by atoms with Crippen LogP contribution in [0.1, 0.15) is 18.1 Å². The largest absolute Gasteiger partial charge is 0.495 e. The number of benzene rings is 2. The molecule has 1 unspecified atom stereocenters. The molecular formula is C22H22ClN3O6. The van der Waals surface area contributed by atoms with Crippen LogP contribution in [0.5, 0.6) is 17.2 Å². The van der Waals surface area contributed by atoms with Gasteiger partial charge in [0.25, 0.3) is 5.91 Å². The van der Waals surface area contributed by atoms with Crippen molar-refractivity contribution >= 4 is 35.1 Å². The molecule has 4 rings (SSSR count). The van der Waals surface area contributed by atoms with Gasteiger partial charge in [0.05, 0.1) is 12.8 Å². The molecule has 2 aliphatic rings. The summed E-state index contributed by atoms with van der Waals surface area (Å²) in [6, 6.07) is 7.62. The summed E-state index contributed by atoms with van der Waals surface area (Å²) in [4.78, 5) is 39.3. The maximum absolute atomic E-state index is 13.2. The smallest absolute Gasteiger partial charge is 0.325 e. The van der Waals surface area contributed by atoms with Crippen LogP contribution in [0.2, 0.25) is 5.02 Å². The van der Waals surface area contributed by atoms with E-state index in [2.05, 4.69) is 10.6 Å². The van der Waals surface area contributed by atoms with Crippen LogP contribution in [0.15, 0.2) is 30.3 Å². The Morgan fingerprint density at radius 1 is 1.22 bits per heavy atom. The second-order valence-corrected chi connectivity index (χ2v) is 8.06. The first kappa shape index (κ1) is 21.8. The molecule has 0 spiro atoms. The van der Waals surface area contributed by atoms with Gasteiger partial charge in [0.2, 0.25) is 5.91 Å². The van der Waals surface area contributed by atoms with Crippen LogP contribution in [0.3, 0.4) is 0 Å². The minimum Gasteiger partial charge on any atom is -0.495 e. The van der Waals surface area contributed by atoms with Crippen molar-refractivity contribution in [2.24, 2.45) is 0 Å². The number of carbonyl (C=O) groups excluding carboxylic acids is 3. The molecule has 1 atom stereocenters. The molecule has 1 saturated heterocycles. The second kappa shape index (κ2) is 8.23. The number of aryl methyl sites for hydroxylation is 1. The number of nitrogens with zero attached hydrogens (tertiary/aromatic N) is 1. The van der Waals surface area contributed by atoms with Crippen LogP contribution in [0.4, 0.5) is 10.5 Å². The van der Waals surface area contributed by atoms with E-state index in [1.807, 2.05) is 0 Å². The van der Waals surface area contributed by atoms with Crippen LogP contribution in [0, 0.1) is 6.92 Å². The molecule has 10 heteroatoms. The fourth-order valence-corrected chi connectivity index (χ4v) is 3.81. The van der Waals surface area contributed by atoms with Crippen molar-refractivity contribution in [3.05, 3.63) is 46.5 Å². The van der Waals surface area contributed by atoms with Crippen LogP contribution >= 0.6 is 11.6 Å². The number of fused-ring (bicyclic) bond motifs is 1. The molecule has 2 heterocycles. The number of hydrogen-bond donors (Lipinski definition) is 2. The number of amides is 4. The van der Waals surface area contributed by atoms with Gasteiger partial charge >= 0.3 is 6.03 Å². The van der Waals surface area contributed by atoms with Gasteiger partial charge < -0.3 is 24.8 Å². The molecule has 2 aromatic rings. The molecule has 2 N–H and O–H groups in total. The van der Waals surface area contributed by atoms with E-state index in [0.29, 0.717) is 46.7 Å². The maximum atomic E-state index is 13.2. The van der Waals surface area contributed by atoms with Gasteiger partial charge in [-0.05, 0) is 43.2 Å². The molecule has 9 nitrogen and oxygen atoms in total. The van der Waals surface area contributed by atoms with Crippen molar-refractivity contribution in [1.82, 2.24) is 10.2 Å². The van der Waals surface area contributed by atoms with Crippen molar-refractivity contribution < 1.29 is 28.6 Å². The first-order valence-electron chi connectivity index (χ1n) is 9.91. The summed E-state index contributed by atoms with van der Waals surface area (Å²) in [5.41, 5.74) is 0.310. The summed E-state index contributed by atoms with van der Waals surface area (Å²) >= 11 is 6.10. The zero-order valence-corrected chi connectivity index (χ0v) is 18.5. The van der Waals surface area contributed by atoms with E-state index in [-0.39, 0.29) is 0 Å². The first-order chi connectivity index (χ1) is 15.2. The van der Waals surface area contributed by atoms with E-state index in [1.54, 1.807) is 44.2 Å². The van der Waals surface area contributed by atoms with Gasteiger partial charge in [0.15, 0.2) is 11.5 Å². The molecule has 0 saturated carbocycles. The van der Waals surface area contributed by atoms with E-state index in [4.69, 9.17) is 25.8 Å². The number of hydrogen-bond acceptors (Lipinski definition) is 6. The summed E-state index contributed by atoms with van der Waals surface area (Å²) in [6.45, 7) is 3.75. The van der Waals surface area contributed by atoms with Gasteiger partial charge in [-0.3, -0.25) is 14.5 Å². The Bertz CT molecular complexity index is 1120. The lowest BCUT2D eigenvalue weighted by molar-refractivity contribution is -0.133. The maximum Gasteiger partial charge on any atom is 0.325 e. The van der Waals surface area contributed by atoms with Crippen LogP contribution in [0.25, 0.3) is 0 Å².